The highest BCUT2D eigenvalue weighted by Gasteiger charge is 2.14. The molecule has 2 aromatic carbocycles. The summed E-state index contributed by atoms with van der Waals surface area (Å²) >= 11 is 0. The summed E-state index contributed by atoms with van der Waals surface area (Å²) in [7, 11) is -3.60. The Morgan fingerprint density at radius 3 is 2.25 bits per heavy atom. The van der Waals surface area contributed by atoms with E-state index < -0.39 is 10.0 Å². The van der Waals surface area contributed by atoms with Gasteiger partial charge in [-0.1, -0.05) is 23.8 Å². The number of carbonyl (C=O) groups is 1. The molecular weight excluding hydrogens is 324 g/mol. The van der Waals surface area contributed by atoms with Crippen LogP contribution in [0.15, 0.2) is 47.4 Å². The Kier molecular flexibility index (Phi) is 5.75. The maximum atomic E-state index is 12.2. The SMILES string of the molecule is Cc1ccc(NC(=O)CCNS(=O)(=O)c2ccc(C)c(C)c2)cc1. The van der Waals surface area contributed by atoms with Crippen molar-refractivity contribution in [2.24, 2.45) is 0 Å². The summed E-state index contributed by atoms with van der Waals surface area (Å²) in [4.78, 5) is 12.1. The summed E-state index contributed by atoms with van der Waals surface area (Å²) in [6, 6.07) is 12.4. The molecule has 0 bridgehead atoms. The van der Waals surface area contributed by atoms with Crippen molar-refractivity contribution >= 4 is 21.6 Å². The first-order chi connectivity index (χ1) is 11.3. The minimum Gasteiger partial charge on any atom is -0.326 e. The lowest BCUT2D eigenvalue weighted by Crippen LogP contribution is -2.28. The van der Waals surface area contributed by atoms with Crippen LogP contribution in [0.2, 0.25) is 0 Å². The van der Waals surface area contributed by atoms with E-state index in [9.17, 15) is 13.2 Å². The quantitative estimate of drug-likeness (QED) is 0.844. The fourth-order valence-electron chi connectivity index (χ4n) is 2.12. The van der Waals surface area contributed by atoms with Crippen LogP contribution in [0.25, 0.3) is 0 Å². The largest absolute Gasteiger partial charge is 0.326 e. The average molecular weight is 346 g/mol. The van der Waals surface area contributed by atoms with Gasteiger partial charge in [0, 0.05) is 18.7 Å². The third-order valence-corrected chi connectivity index (χ3v) is 5.23. The number of anilines is 1. The molecule has 2 aromatic rings. The van der Waals surface area contributed by atoms with Crippen LogP contribution in [0, 0.1) is 20.8 Å². The zero-order valence-corrected chi connectivity index (χ0v) is 14.9. The summed E-state index contributed by atoms with van der Waals surface area (Å²) in [5.41, 5.74) is 3.75. The molecule has 2 rings (SSSR count). The number of nitrogens with one attached hydrogen (secondary N) is 2. The first kappa shape index (κ1) is 18.2. The highest BCUT2D eigenvalue weighted by Crippen LogP contribution is 2.14. The summed E-state index contributed by atoms with van der Waals surface area (Å²) in [5.74, 6) is -0.235. The van der Waals surface area contributed by atoms with E-state index in [0.717, 1.165) is 16.7 Å². The van der Waals surface area contributed by atoms with E-state index in [4.69, 9.17) is 0 Å². The van der Waals surface area contributed by atoms with Crippen LogP contribution in [-0.2, 0) is 14.8 Å². The van der Waals surface area contributed by atoms with Crippen molar-refractivity contribution in [1.29, 1.82) is 0 Å². The molecule has 0 radical (unpaired) electrons. The minimum absolute atomic E-state index is 0.0486. The lowest BCUT2D eigenvalue weighted by Gasteiger charge is -2.09. The van der Waals surface area contributed by atoms with Crippen LogP contribution >= 0.6 is 0 Å². The molecule has 0 unspecified atom stereocenters. The molecule has 1 amide bonds. The molecule has 0 heterocycles. The van der Waals surface area contributed by atoms with Crippen molar-refractivity contribution in [1.82, 2.24) is 4.72 Å². The number of aryl methyl sites for hydroxylation is 3. The Balaban J connectivity index is 1.89. The summed E-state index contributed by atoms with van der Waals surface area (Å²) in [6.45, 7) is 5.80. The van der Waals surface area contributed by atoms with Gasteiger partial charge in [-0.2, -0.15) is 0 Å². The van der Waals surface area contributed by atoms with Gasteiger partial charge < -0.3 is 5.32 Å². The lowest BCUT2D eigenvalue weighted by molar-refractivity contribution is -0.116. The maximum absolute atomic E-state index is 12.2. The minimum atomic E-state index is -3.60. The smallest absolute Gasteiger partial charge is 0.240 e. The second-order valence-electron chi connectivity index (χ2n) is 5.81. The molecular formula is C18H22N2O3S. The number of amides is 1. The van der Waals surface area contributed by atoms with Gasteiger partial charge in [-0.15, -0.1) is 0 Å². The van der Waals surface area contributed by atoms with Crippen molar-refractivity contribution in [3.63, 3.8) is 0 Å². The number of sulfonamides is 1. The Morgan fingerprint density at radius 2 is 1.62 bits per heavy atom. The maximum Gasteiger partial charge on any atom is 0.240 e. The van der Waals surface area contributed by atoms with Gasteiger partial charge in [-0.3, -0.25) is 4.79 Å². The molecule has 0 aliphatic rings. The van der Waals surface area contributed by atoms with Crippen molar-refractivity contribution in [2.75, 3.05) is 11.9 Å². The number of benzene rings is 2. The van der Waals surface area contributed by atoms with Crippen molar-refractivity contribution in [2.45, 2.75) is 32.1 Å². The van der Waals surface area contributed by atoms with Gasteiger partial charge in [-0.05, 0) is 56.2 Å². The van der Waals surface area contributed by atoms with Gasteiger partial charge in [-0.25, -0.2) is 13.1 Å². The van der Waals surface area contributed by atoms with Gasteiger partial charge in [0.05, 0.1) is 4.90 Å². The van der Waals surface area contributed by atoms with Crippen LogP contribution in [0.1, 0.15) is 23.1 Å². The van der Waals surface area contributed by atoms with Gasteiger partial charge in [0.1, 0.15) is 0 Å². The summed E-state index contributed by atoms with van der Waals surface area (Å²) in [5, 5.41) is 2.74. The highest BCUT2D eigenvalue weighted by atomic mass is 32.2. The number of hydrogen-bond donors (Lipinski definition) is 2. The van der Waals surface area contributed by atoms with Gasteiger partial charge in [0.15, 0.2) is 0 Å². The Morgan fingerprint density at radius 1 is 0.958 bits per heavy atom. The molecule has 0 aliphatic heterocycles. The fourth-order valence-corrected chi connectivity index (χ4v) is 3.24. The van der Waals surface area contributed by atoms with E-state index in [0.29, 0.717) is 5.69 Å². The molecule has 24 heavy (non-hydrogen) atoms. The molecule has 0 aromatic heterocycles. The molecule has 5 nitrogen and oxygen atoms in total. The van der Waals surface area contributed by atoms with E-state index in [-0.39, 0.29) is 23.8 Å². The molecule has 2 N–H and O–H groups in total. The molecule has 0 saturated heterocycles. The first-order valence-electron chi connectivity index (χ1n) is 7.71. The van der Waals surface area contributed by atoms with E-state index in [1.54, 1.807) is 18.2 Å². The predicted molar refractivity (Wildman–Crippen MR) is 95.5 cm³/mol. The molecule has 0 fully saturated rings. The molecule has 0 atom stereocenters. The lowest BCUT2D eigenvalue weighted by atomic mass is 10.1. The number of carbonyl (C=O) groups excluding carboxylic acids is 1. The van der Waals surface area contributed by atoms with E-state index in [1.165, 1.54) is 0 Å². The Labute approximate surface area is 143 Å². The molecule has 0 aliphatic carbocycles. The molecule has 0 saturated carbocycles. The average Bonchev–Trinajstić information content (AvgIpc) is 2.52. The van der Waals surface area contributed by atoms with Gasteiger partial charge in [0.2, 0.25) is 15.9 Å². The summed E-state index contributed by atoms with van der Waals surface area (Å²) in [6.07, 6.45) is 0.0674. The van der Waals surface area contributed by atoms with Crippen LogP contribution in [0.5, 0.6) is 0 Å². The summed E-state index contributed by atoms with van der Waals surface area (Å²) < 4.78 is 26.9. The second-order valence-corrected chi connectivity index (χ2v) is 7.57. The number of rotatable bonds is 6. The first-order valence-corrected chi connectivity index (χ1v) is 9.20. The van der Waals surface area contributed by atoms with Crippen LogP contribution < -0.4 is 10.0 Å². The highest BCUT2D eigenvalue weighted by molar-refractivity contribution is 7.89. The van der Waals surface area contributed by atoms with E-state index >= 15 is 0 Å². The van der Waals surface area contributed by atoms with Crippen molar-refractivity contribution in [3.05, 3.63) is 59.2 Å². The van der Waals surface area contributed by atoms with Gasteiger partial charge in [0.25, 0.3) is 0 Å². The van der Waals surface area contributed by atoms with Crippen LogP contribution in [0.3, 0.4) is 0 Å². The van der Waals surface area contributed by atoms with Crippen molar-refractivity contribution in [3.8, 4) is 0 Å². The topological polar surface area (TPSA) is 75.3 Å². The van der Waals surface area contributed by atoms with Gasteiger partial charge >= 0.3 is 0 Å². The van der Waals surface area contributed by atoms with Crippen LogP contribution in [0.4, 0.5) is 5.69 Å². The molecule has 0 spiro atoms. The van der Waals surface area contributed by atoms with Crippen LogP contribution in [-0.4, -0.2) is 20.9 Å². The molecule has 6 heteroatoms. The van der Waals surface area contributed by atoms with Crippen molar-refractivity contribution < 1.29 is 13.2 Å². The standard InChI is InChI=1S/C18H22N2O3S/c1-13-4-7-16(8-5-13)20-18(21)10-11-19-24(22,23)17-9-6-14(2)15(3)12-17/h4-9,12,19H,10-11H2,1-3H3,(H,20,21). The number of hydrogen-bond acceptors (Lipinski definition) is 3. The Hall–Kier alpha value is -2.18. The predicted octanol–water partition coefficient (Wildman–Crippen LogP) is 2.92. The normalized spacial score (nSPS) is 11.3. The third kappa shape index (κ3) is 4.91. The van der Waals surface area contributed by atoms with E-state index in [2.05, 4.69) is 10.0 Å². The molecule has 128 valence electrons. The third-order valence-electron chi connectivity index (χ3n) is 3.77. The fraction of sp³-hybridized carbons (Fsp3) is 0.278. The Bertz CT molecular complexity index is 828. The monoisotopic (exact) mass is 346 g/mol. The zero-order valence-electron chi connectivity index (χ0n) is 14.1. The zero-order chi connectivity index (χ0) is 17.7. The second kappa shape index (κ2) is 7.59. The van der Waals surface area contributed by atoms with E-state index in [1.807, 2.05) is 45.0 Å².